The Labute approximate surface area is 265 Å². The maximum atomic E-state index is 11.4. The van der Waals surface area contributed by atoms with Crippen LogP contribution in [0.15, 0.2) is 60.7 Å². The monoisotopic (exact) mass is 620 g/mol. The average molecular weight is 621 g/mol. The van der Waals surface area contributed by atoms with Crippen LogP contribution in [0, 0.1) is 6.92 Å². The maximum absolute atomic E-state index is 11.4. The van der Waals surface area contributed by atoms with E-state index in [2.05, 4.69) is 69.3 Å². The number of phenols is 1. The molecular formula is C37H52O6Si. The van der Waals surface area contributed by atoms with Gasteiger partial charge in [0.1, 0.15) is 0 Å². The number of unbranched alkanes of at least 4 members (excludes halogenated alkanes) is 7. The van der Waals surface area contributed by atoms with Crippen LogP contribution >= 0.6 is 0 Å². The lowest BCUT2D eigenvalue weighted by Crippen LogP contribution is -2.69. The van der Waals surface area contributed by atoms with Gasteiger partial charge in [-0.25, -0.2) is 0 Å². The summed E-state index contributed by atoms with van der Waals surface area (Å²) in [7, 11) is 0.209. The van der Waals surface area contributed by atoms with Crippen LogP contribution in [0.25, 0.3) is 0 Å². The van der Waals surface area contributed by atoms with Crippen LogP contribution in [-0.2, 0) is 16.0 Å². The number of rotatable bonds is 17. The van der Waals surface area contributed by atoms with E-state index in [0.29, 0.717) is 23.9 Å². The summed E-state index contributed by atoms with van der Waals surface area (Å²) in [6, 6.07) is 21.1. The molecule has 44 heavy (non-hydrogen) atoms. The van der Waals surface area contributed by atoms with Crippen molar-refractivity contribution in [3.05, 3.63) is 71.8 Å². The number of methoxy groups -OCH3 is 2. The van der Waals surface area contributed by atoms with Crippen LogP contribution in [0.2, 0.25) is 5.04 Å². The molecule has 0 heterocycles. The molecule has 0 unspecified atom stereocenters. The van der Waals surface area contributed by atoms with Gasteiger partial charge in [0.2, 0.25) is 11.5 Å². The number of carbonyl (C=O) groups is 1. The molecule has 0 spiro atoms. The predicted octanol–water partition coefficient (Wildman–Crippen LogP) is 7.88. The van der Waals surface area contributed by atoms with E-state index in [0.717, 1.165) is 56.1 Å². The summed E-state index contributed by atoms with van der Waals surface area (Å²) in [6.07, 6.45) is 9.40. The van der Waals surface area contributed by atoms with E-state index < -0.39 is 8.32 Å². The first kappa shape index (κ1) is 35.0. The van der Waals surface area contributed by atoms with Crippen molar-refractivity contribution in [2.75, 3.05) is 20.8 Å². The van der Waals surface area contributed by atoms with E-state index in [1.54, 1.807) is 14.2 Å². The zero-order valence-electron chi connectivity index (χ0n) is 27.8. The molecule has 0 aliphatic rings. The third-order valence-corrected chi connectivity index (χ3v) is 13.3. The minimum absolute atomic E-state index is 0.129. The third kappa shape index (κ3) is 8.38. The van der Waals surface area contributed by atoms with Gasteiger partial charge in [-0.1, -0.05) is 120 Å². The van der Waals surface area contributed by atoms with Crippen molar-refractivity contribution in [3.63, 3.8) is 0 Å². The van der Waals surface area contributed by atoms with Gasteiger partial charge in [0.15, 0.2) is 11.5 Å². The zero-order valence-corrected chi connectivity index (χ0v) is 28.8. The van der Waals surface area contributed by atoms with Crippen LogP contribution in [0.4, 0.5) is 0 Å². The van der Waals surface area contributed by atoms with Crippen LogP contribution in [-0.4, -0.2) is 40.2 Å². The lowest BCUT2D eigenvalue weighted by Gasteiger charge is -2.43. The Bertz CT molecular complexity index is 1280. The van der Waals surface area contributed by atoms with Crippen molar-refractivity contribution in [3.8, 4) is 23.0 Å². The van der Waals surface area contributed by atoms with Crippen molar-refractivity contribution in [2.45, 2.75) is 97.4 Å². The Balaban J connectivity index is 1.88. The van der Waals surface area contributed by atoms with Crippen molar-refractivity contribution in [1.82, 2.24) is 0 Å². The molecule has 0 amide bonds. The summed E-state index contributed by atoms with van der Waals surface area (Å²) in [5.74, 6) is 1.30. The molecule has 0 fully saturated rings. The SMILES string of the molecule is COc1c(O)c(CCCCCCCCCCOC(C)=O)c(C)c(O[Si](c2ccccc2)(c2ccccc2)C(C)(C)C)c1OC. The Morgan fingerprint density at radius 1 is 0.727 bits per heavy atom. The second-order valence-electron chi connectivity index (χ2n) is 12.5. The first-order valence-electron chi connectivity index (χ1n) is 16.0. The number of ether oxygens (including phenoxy) is 3. The largest absolute Gasteiger partial charge is 0.531 e. The molecule has 3 rings (SSSR count). The number of hydrogen-bond donors (Lipinski definition) is 1. The molecule has 7 heteroatoms. The lowest BCUT2D eigenvalue weighted by atomic mass is 9.98. The van der Waals surface area contributed by atoms with E-state index in [4.69, 9.17) is 18.6 Å². The second-order valence-corrected chi connectivity index (χ2v) is 16.8. The molecule has 0 saturated carbocycles. The Kier molecular flexibility index (Phi) is 13.2. The van der Waals surface area contributed by atoms with Crippen LogP contribution in [0.3, 0.4) is 0 Å². The molecule has 0 aliphatic heterocycles. The number of carbonyl (C=O) groups excluding carboxylic acids is 1. The summed E-state index contributed by atoms with van der Waals surface area (Å²) < 4.78 is 24.1. The summed E-state index contributed by atoms with van der Waals surface area (Å²) in [6.45, 7) is 10.7. The highest BCUT2D eigenvalue weighted by Crippen LogP contribution is 2.51. The van der Waals surface area contributed by atoms with Crippen molar-refractivity contribution >= 4 is 24.7 Å². The quantitative estimate of drug-likeness (QED) is 0.0940. The van der Waals surface area contributed by atoms with Gasteiger partial charge in [-0.05, 0) is 41.6 Å². The van der Waals surface area contributed by atoms with Gasteiger partial charge in [-0.15, -0.1) is 0 Å². The summed E-state index contributed by atoms with van der Waals surface area (Å²) >= 11 is 0. The molecule has 0 aromatic heterocycles. The summed E-state index contributed by atoms with van der Waals surface area (Å²) in [5, 5.41) is 13.5. The zero-order chi connectivity index (χ0) is 32.2. The van der Waals surface area contributed by atoms with E-state index in [1.165, 1.54) is 30.1 Å². The van der Waals surface area contributed by atoms with Gasteiger partial charge in [0.25, 0.3) is 0 Å². The number of aromatic hydroxyl groups is 1. The van der Waals surface area contributed by atoms with Gasteiger partial charge in [0.05, 0.1) is 20.8 Å². The first-order valence-corrected chi connectivity index (χ1v) is 17.9. The smallest absolute Gasteiger partial charge is 0.320 e. The fraction of sp³-hybridized carbons (Fsp3) is 0.486. The van der Waals surface area contributed by atoms with E-state index in [1.807, 2.05) is 19.1 Å². The van der Waals surface area contributed by atoms with Gasteiger partial charge >= 0.3 is 14.3 Å². The van der Waals surface area contributed by atoms with Gasteiger partial charge in [-0.2, -0.15) is 0 Å². The normalized spacial score (nSPS) is 11.7. The Morgan fingerprint density at radius 2 is 1.20 bits per heavy atom. The molecular weight excluding hydrogens is 568 g/mol. The highest BCUT2D eigenvalue weighted by molar-refractivity contribution is 7.00. The molecule has 3 aromatic carbocycles. The molecule has 6 nitrogen and oxygen atoms in total. The van der Waals surface area contributed by atoms with Crippen LogP contribution in [0.1, 0.15) is 90.2 Å². The number of hydrogen-bond acceptors (Lipinski definition) is 6. The van der Waals surface area contributed by atoms with Gasteiger partial charge < -0.3 is 23.7 Å². The third-order valence-electron chi connectivity index (χ3n) is 8.41. The standard InChI is InChI=1S/C37H52O6Si/c1-28-32(26-20-12-10-8-9-11-13-21-27-42-29(2)38)33(39)35(40-6)36(41-7)34(28)43-44(37(3,4)5,30-22-16-14-17-23-30)31-24-18-15-19-25-31/h14-19,22-25,39H,8-13,20-21,26-27H2,1-7H3. The topological polar surface area (TPSA) is 74.2 Å². The number of phenolic OH excluding ortho intramolecular Hbond substituents is 1. The van der Waals surface area contributed by atoms with Crippen LogP contribution < -0.4 is 24.3 Å². The first-order chi connectivity index (χ1) is 21.1. The molecule has 0 bridgehead atoms. The van der Waals surface area contributed by atoms with E-state index in [-0.39, 0.29) is 16.8 Å². The minimum atomic E-state index is -2.96. The van der Waals surface area contributed by atoms with Crippen LogP contribution in [0.5, 0.6) is 23.0 Å². The van der Waals surface area contributed by atoms with Crippen molar-refractivity contribution < 1.29 is 28.5 Å². The number of esters is 1. The van der Waals surface area contributed by atoms with Crippen molar-refractivity contribution in [1.29, 1.82) is 0 Å². The predicted molar refractivity (Wildman–Crippen MR) is 181 cm³/mol. The van der Waals surface area contributed by atoms with Gasteiger partial charge in [0, 0.05) is 18.1 Å². The molecule has 0 radical (unpaired) electrons. The Morgan fingerprint density at radius 3 is 1.66 bits per heavy atom. The highest BCUT2D eigenvalue weighted by Gasteiger charge is 2.53. The fourth-order valence-corrected chi connectivity index (χ4v) is 10.6. The molecule has 3 aromatic rings. The van der Waals surface area contributed by atoms with E-state index in [9.17, 15) is 9.90 Å². The molecule has 1 N–H and O–H groups in total. The second kappa shape index (κ2) is 16.6. The molecule has 0 aliphatic carbocycles. The highest BCUT2D eigenvalue weighted by atomic mass is 28.4. The van der Waals surface area contributed by atoms with E-state index >= 15 is 0 Å². The van der Waals surface area contributed by atoms with Crippen molar-refractivity contribution in [2.24, 2.45) is 0 Å². The molecule has 240 valence electrons. The summed E-state index contributed by atoms with van der Waals surface area (Å²) in [5.41, 5.74) is 1.74. The average Bonchev–Trinajstić information content (AvgIpc) is 3.00. The number of benzene rings is 3. The maximum Gasteiger partial charge on any atom is 0.320 e. The molecule has 0 atom stereocenters. The van der Waals surface area contributed by atoms with Gasteiger partial charge in [-0.3, -0.25) is 4.79 Å². The fourth-order valence-electron chi connectivity index (χ4n) is 6.12. The minimum Gasteiger partial charge on any atom is -0.531 e. The summed E-state index contributed by atoms with van der Waals surface area (Å²) in [4.78, 5) is 10.9. The molecule has 0 saturated heterocycles. The lowest BCUT2D eigenvalue weighted by molar-refractivity contribution is -0.141. The Hall–Kier alpha value is -3.45.